The highest BCUT2D eigenvalue weighted by atomic mass is 79.9. The van der Waals surface area contributed by atoms with Crippen molar-refractivity contribution in [2.75, 3.05) is 0 Å². The summed E-state index contributed by atoms with van der Waals surface area (Å²) >= 11 is 3.40. The first-order valence-corrected chi connectivity index (χ1v) is 6.08. The number of aryl methyl sites for hydroxylation is 1. The minimum absolute atomic E-state index is 0.235. The fraction of sp³-hybridized carbons (Fsp3) is 0.143. The molecule has 2 aromatic carbocycles. The normalized spacial score (nSPS) is 10.3. The predicted octanol–water partition coefficient (Wildman–Crippen LogP) is 4.48. The van der Waals surface area contributed by atoms with E-state index in [2.05, 4.69) is 15.9 Å². The molecule has 0 bridgehead atoms. The molecule has 2 aromatic rings. The van der Waals surface area contributed by atoms with Gasteiger partial charge in [0.25, 0.3) is 0 Å². The number of hydrogen-bond donors (Lipinski definition) is 0. The lowest BCUT2D eigenvalue weighted by Crippen LogP contribution is -1.99. The summed E-state index contributed by atoms with van der Waals surface area (Å²) in [4.78, 5) is 0. The van der Waals surface area contributed by atoms with Gasteiger partial charge in [0.2, 0.25) is 0 Å². The van der Waals surface area contributed by atoms with Crippen LogP contribution < -0.4 is 4.74 Å². The molecule has 0 aliphatic heterocycles. The zero-order valence-corrected chi connectivity index (χ0v) is 11.0. The molecular formula is C14H12BrFO. The van der Waals surface area contributed by atoms with Crippen molar-refractivity contribution in [1.29, 1.82) is 0 Å². The Morgan fingerprint density at radius 2 is 1.94 bits per heavy atom. The molecule has 88 valence electrons. The molecule has 0 fully saturated rings. The minimum Gasteiger partial charge on any atom is -0.488 e. The molecule has 17 heavy (non-hydrogen) atoms. The third-order valence-corrected chi connectivity index (χ3v) is 3.19. The Morgan fingerprint density at radius 1 is 1.18 bits per heavy atom. The Kier molecular flexibility index (Phi) is 3.79. The zero-order valence-electron chi connectivity index (χ0n) is 9.41. The third-order valence-electron chi connectivity index (χ3n) is 2.53. The summed E-state index contributed by atoms with van der Waals surface area (Å²) in [5.41, 5.74) is 1.89. The van der Waals surface area contributed by atoms with Crippen LogP contribution >= 0.6 is 15.9 Å². The Balaban J connectivity index is 2.12. The Bertz CT molecular complexity index is 525. The van der Waals surface area contributed by atoms with E-state index >= 15 is 0 Å². The summed E-state index contributed by atoms with van der Waals surface area (Å²) in [5, 5.41) is 0. The van der Waals surface area contributed by atoms with Gasteiger partial charge in [-0.15, -0.1) is 0 Å². The number of para-hydroxylation sites is 1. The quantitative estimate of drug-likeness (QED) is 0.811. The minimum atomic E-state index is -0.235. The molecule has 0 N–H and O–H groups in total. The molecule has 0 aliphatic carbocycles. The molecule has 0 saturated heterocycles. The summed E-state index contributed by atoms with van der Waals surface area (Å²) in [6.07, 6.45) is 0. The highest BCUT2D eigenvalue weighted by molar-refractivity contribution is 9.10. The van der Waals surface area contributed by atoms with E-state index in [-0.39, 0.29) is 5.82 Å². The van der Waals surface area contributed by atoms with Crippen LogP contribution in [0.2, 0.25) is 0 Å². The summed E-state index contributed by atoms with van der Waals surface area (Å²) in [6, 6.07) is 12.3. The second kappa shape index (κ2) is 5.32. The number of ether oxygens (including phenoxy) is 1. The van der Waals surface area contributed by atoms with Crippen molar-refractivity contribution in [3.63, 3.8) is 0 Å². The van der Waals surface area contributed by atoms with Crippen LogP contribution in [0.5, 0.6) is 5.75 Å². The van der Waals surface area contributed by atoms with E-state index in [1.807, 2.05) is 31.2 Å². The lowest BCUT2D eigenvalue weighted by atomic mass is 10.1. The van der Waals surface area contributed by atoms with Gasteiger partial charge in [0, 0.05) is 0 Å². The molecule has 0 heterocycles. The first-order chi connectivity index (χ1) is 8.16. The zero-order chi connectivity index (χ0) is 12.3. The lowest BCUT2D eigenvalue weighted by Gasteiger charge is -2.10. The average Bonchev–Trinajstić information content (AvgIpc) is 2.32. The second-order valence-corrected chi connectivity index (χ2v) is 4.64. The third kappa shape index (κ3) is 3.07. The molecule has 0 aliphatic rings. The molecule has 2 rings (SSSR count). The van der Waals surface area contributed by atoms with Crippen molar-refractivity contribution < 1.29 is 9.13 Å². The Labute approximate surface area is 108 Å². The standard InChI is InChI=1S/C14H12BrFO/c1-10-6-7-12(16)8-11(10)9-17-14-5-3-2-4-13(14)15/h2-8H,9H2,1H3. The molecule has 0 unspecified atom stereocenters. The topological polar surface area (TPSA) is 9.23 Å². The van der Waals surface area contributed by atoms with Crippen LogP contribution in [-0.2, 0) is 6.61 Å². The van der Waals surface area contributed by atoms with E-state index in [4.69, 9.17) is 4.74 Å². The van der Waals surface area contributed by atoms with Gasteiger partial charge in [-0.1, -0.05) is 18.2 Å². The second-order valence-electron chi connectivity index (χ2n) is 3.79. The van der Waals surface area contributed by atoms with Crippen molar-refractivity contribution in [3.8, 4) is 5.75 Å². The molecule has 0 radical (unpaired) electrons. The van der Waals surface area contributed by atoms with Gasteiger partial charge in [0.1, 0.15) is 18.2 Å². The van der Waals surface area contributed by atoms with Gasteiger partial charge in [-0.3, -0.25) is 0 Å². The van der Waals surface area contributed by atoms with Gasteiger partial charge in [-0.05, 0) is 58.2 Å². The van der Waals surface area contributed by atoms with Crippen LogP contribution in [0.1, 0.15) is 11.1 Å². The monoisotopic (exact) mass is 294 g/mol. The highest BCUT2D eigenvalue weighted by Gasteiger charge is 2.03. The molecule has 0 amide bonds. The van der Waals surface area contributed by atoms with Gasteiger partial charge in [-0.25, -0.2) is 4.39 Å². The van der Waals surface area contributed by atoms with Crippen LogP contribution in [0.3, 0.4) is 0 Å². The van der Waals surface area contributed by atoms with Crippen LogP contribution in [0.4, 0.5) is 4.39 Å². The summed E-state index contributed by atoms with van der Waals surface area (Å²) in [5.74, 6) is 0.525. The summed E-state index contributed by atoms with van der Waals surface area (Å²) in [6.45, 7) is 2.31. The van der Waals surface area contributed by atoms with Crippen molar-refractivity contribution >= 4 is 15.9 Å². The van der Waals surface area contributed by atoms with E-state index in [0.717, 1.165) is 21.3 Å². The first-order valence-electron chi connectivity index (χ1n) is 5.29. The lowest BCUT2D eigenvalue weighted by molar-refractivity contribution is 0.303. The fourth-order valence-electron chi connectivity index (χ4n) is 1.51. The van der Waals surface area contributed by atoms with E-state index in [1.54, 1.807) is 6.07 Å². The summed E-state index contributed by atoms with van der Waals surface area (Å²) in [7, 11) is 0. The van der Waals surface area contributed by atoms with E-state index in [0.29, 0.717) is 6.61 Å². The van der Waals surface area contributed by atoms with Crippen LogP contribution in [0.25, 0.3) is 0 Å². The molecule has 0 saturated carbocycles. The molecule has 3 heteroatoms. The maximum absolute atomic E-state index is 13.1. The van der Waals surface area contributed by atoms with Gasteiger partial charge < -0.3 is 4.74 Å². The number of benzene rings is 2. The number of hydrogen-bond acceptors (Lipinski definition) is 1. The summed E-state index contributed by atoms with van der Waals surface area (Å²) < 4.78 is 19.6. The van der Waals surface area contributed by atoms with Crippen LogP contribution in [0.15, 0.2) is 46.9 Å². The SMILES string of the molecule is Cc1ccc(F)cc1COc1ccccc1Br. The van der Waals surface area contributed by atoms with Crippen molar-refractivity contribution in [2.24, 2.45) is 0 Å². The van der Waals surface area contributed by atoms with Gasteiger partial charge in [0.05, 0.1) is 4.47 Å². The average molecular weight is 295 g/mol. The molecule has 0 spiro atoms. The first kappa shape index (κ1) is 12.1. The van der Waals surface area contributed by atoms with Crippen LogP contribution in [-0.4, -0.2) is 0 Å². The number of rotatable bonds is 3. The van der Waals surface area contributed by atoms with Gasteiger partial charge in [-0.2, -0.15) is 0 Å². The fourth-order valence-corrected chi connectivity index (χ4v) is 1.91. The van der Waals surface area contributed by atoms with Gasteiger partial charge >= 0.3 is 0 Å². The van der Waals surface area contributed by atoms with Gasteiger partial charge in [0.15, 0.2) is 0 Å². The highest BCUT2D eigenvalue weighted by Crippen LogP contribution is 2.25. The van der Waals surface area contributed by atoms with Crippen molar-refractivity contribution in [2.45, 2.75) is 13.5 Å². The predicted molar refractivity (Wildman–Crippen MR) is 69.6 cm³/mol. The largest absolute Gasteiger partial charge is 0.488 e. The maximum Gasteiger partial charge on any atom is 0.133 e. The van der Waals surface area contributed by atoms with E-state index < -0.39 is 0 Å². The molecular weight excluding hydrogens is 283 g/mol. The Hall–Kier alpha value is -1.35. The van der Waals surface area contributed by atoms with Crippen LogP contribution in [0, 0.1) is 12.7 Å². The number of halogens is 2. The molecule has 1 nitrogen and oxygen atoms in total. The van der Waals surface area contributed by atoms with E-state index in [1.165, 1.54) is 12.1 Å². The van der Waals surface area contributed by atoms with Crippen molar-refractivity contribution in [3.05, 3.63) is 63.9 Å². The molecule has 0 atom stereocenters. The van der Waals surface area contributed by atoms with Crippen molar-refractivity contribution in [1.82, 2.24) is 0 Å². The van der Waals surface area contributed by atoms with E-state index in [9.17, 15) is 4.39 Å². The Morgan fingerprint density at radius 3 is 2.71 bits per heavy atom. The molecule has 0 aromatic heterocycles. The smallest absolute Gasteiger partial charge is 0.133 e. The maximum atomic E-state index is 13.1.